The highest BCUT2D eigenvalue weighted by Crippen LogP contribution is 2.36. The maximum atomic E-state index is 11.9. The van der Waals surface area contributed by atoms with E-state index in [0.717, 1.165) is 9.13 Å². The third-order valence-corrected chi connectivity index (χ3v) is 5.81. The second-order valence-corrected chi connectivity index (χ2v) is 8.62. The number of amides is 1. The summed E-state index contributed by atoms with van der Waals surface area (Å²) in [5, 5.41) is 2.60. The summed E-state index contributed by atoms with van der Waals surface area (Å²) in [6.45, 7) is 0.678. The summed E-state index contributed by atoms with van der Waals surface area (Å²) in [6.07, 6.45) is 1.78. The highest BCUT2D eigenvalue weighted by atomic mass is 127. The molecular weight excluding hydrogens is 525 g/mol. The van der Waals surface area contributed by atoms with Crippen molar-refractivity contribution in [2.24, 2.45) is 0 Å². The van der Waals surface area contributed by atoms with Gasteiger partial charge in [-0.15, -0.1) is 0 Å². The van der Waals surface area contributed by atoms with Gasteiger partial charge in [-0.3, -0.25) is 4.79 Å². The molecule has 0 spiro atoms. The average molecular weight is 543 g/mol. The molecule has 2 aromatic carbocycles. The SMILES string of the molecule is COc1ccccc1OCCOc1c(I)cc(/C=C2\SC(=S)NC2=O)cc1OC. The molecule has 1 heterocycles. The molecule has 1 N–H and O–H groups in total. The number of benzene rings is 2. The normalized spacial score (nSPS) is 14.7. The number of thioether (sulfide) groups is 1. The van der Waals surface area contributed by atoms with Crippen LogP contribution in [0.3, 0.4) is 0 Å². The van der Waals surface area contributed by atoms with E-state index in [1.165, 1.54) is 11.8 Å². The van der Waals surface area contributed by atoms with E-state index in [0.29, 0.717) is 45.4 Å². The van der Waals surface area contributed by atoms with Crippen LogP contribution in [-0.4, -0.2) is 37.7 Å². The van der Waals surface area contributed by atoms with E-state index in [4.69, 9.17) is 31.2 Å². The molecule has 2 aromatic rings. The highest BCUT2D eigenvalue weighted by molar-refractivity contribution is 14.1. The number of carbonyl (C=O) groups is 1. The Hall–Kier alpha value is -1.98. The van der Waals surface area contributed by atoms with Crippen LogP contribution in [0.1, 0.15) is 5.56 Å². The Morgan fingerprint density at radius 3 is 2.41 bits per heavy atom. The molecule has 1 fully saturated rings. The lowest BCUT2D eigenvalue weighted by atomic mass is 10.2. The van der Waals surface area contributed by atoms with Crippen LogP contribution < -0.4 is 24.3 Å². The number of hydrogen-bond donors (Lipinski definition) is 1. The van der Waals surface area contributed by atoms with Crippen molar-refractivity contribution in [1.29, 1.82) is 0 Å². The first-order valence-electron chi connectivity index (χ1n) is 8.53. The molecule has 9 heteroatoms. The summed E-state index contributed by atoms with van der Waals surface area (Å²) in [5.41, 5.74) is 0.825. The number of rotatable bonds is 8. The van der Waals surface area contributed by atoms with Crippen molar-refractivity contribution in [3.8, 4) is 23.0 Å². The predicted octanol–water partition coefficient (Wildman–Crippen LogP) is 4.26. The van der Waals surface area contributed by atoms with Crippen molar-refractivity contribution in [3.05, 3.63) is 50.4 Å². The molecule has 6 nitrogen and oxygen atoms in total. The molecule has 152 valence electrons. The lowest BCUT2D eigenvalue weighted by Crippen LogP contribution is -2.17. The Bertz CT molecular complexity index is 964. The lowest BCUT2D eigenvalue weighted by molar-refractivity contribution is -0.115. The van der Waals surface area contributed by atoms with E-state index in [9.17, 15) is 4.79 Å². The van der Waals surface area contributed by atoms with Gasteiger partial charge in [0.1, 0.15) is 17.5 Å². The average Bonchev–Trinajstić information content (AvgIpc) is 3.03. The molecule has 0 saturated carbocycles. The minimum absolute atomic E-state index is 0.192. The summed E-state index contributed by atoms with van der Waals surface area (Å²) in [5.74, 6) is 2.34. The monoisotopic (exact) mass is 543 g/mol. The molecule has 1 amide bonds. The van der Waals surface area contributed by atoms with Gasteiger partial charge < -0.3 is 24.3 Å². The molecule has 1 aliphatic rings. The molecule has 0 bridgehead atoms. The largest absolute Gasteiger partial charge is 0.493 e. The van der Waals surface area contributed by atoms with Crippen molar-refractivity contribution in [1.82, 2.24) is 5.32 Å². The smallest absolute Gasteiger partial charge is 0.263 e. The van der Waals surface area contributed by atoms with Crippen LogP contribution in [0.4, 0.5) is 0 Å². The third-order valence-electron chi connectivity index (χ3n) is 3.85. The van der Waals surface area contributed by atoms with Crippen molar-refractivity contribution >= 4 is 62.9 Å². The van der Waals surface area contributed by atoms with Crippen molar-refractivity contribution in [2.45, 2.75) is 0 Å². The number of halogens is 1. The van der Waals surface area contributed by atoms with E-state index in [1.807, 2.05) is 36.4 Å². The zero-order chi connectivity index (χ0) is 20.8. The van der Waals surface area contributed by atoms with E-state index in [2.05, 4.69) is 27.9 Å². The first-order valence-corrected chi connectivity index (χ1v) is 10.8. The van der Waals surface area contributed by atoms with E-state index in [-0.39, 0.29) is 5.91 Å². The Labute approximate surface area is 192 Å². The number of ether oxygens (including phenoxy) is 4. The van der Waals surface area contributed by atoms with Crippen LogP contribution in [0.15, 0.2) is 41.3 Å². The van der Waals surface area contributed by atoms with E-state index >= 15 is 0 Å². The van der Waals surface area contributed by atoms with Crippen LogP contribution in [-0.2, 0) is 4.79 Å². The maximum Gasteiger partial charge on any atom is 0.263 e. The van der Waals surface area contributed by atoms with Crippen LogP contribution in [0.2, 0.25) is 0 Å². The summed E-state index contributed by atoms with van der Waals surface area (Å²) < 4.78 is 23.7. The first kappa shape index (κ1) is 21.7. The molecule has 0 radical (unpaired) electrons. The van der Waals surface area contributed by atoms with Gasteiger partial charge in [-0.05, 0) is 58.5 Å². The number of thiocarbonyl (C=S) groups is 1. The molecule has 3 rings (SSSR count). The van der Waals surface area contributed by atoms with Gasteiger partial charge in [0.15, 0.2) is 23.0 Å². The maximum absolute atomic E-state index is 11.9. The topological polar surface area (TPSA) is 66.0 Å². The van der Waals surface area contributed by atoms with Gasteiger partial charge in [0, 0.05) is 0 Å². The summed E-state index contributed by atoms with van der Waals surface area (Å²) in [4.78, 5) is 12.4. The fourth-order valence-electron chi connectivity index (χ4n) is 2.57. The molecule has 0 aromatic heterocycles. The third kappa shape index (κ3) is 5.55. The molecule has 1 saturated heterocycles. The van der Waals surface area contributed by atoms with Crippen molar-refractivity contribution in [2.75, 3.05) is 27.4 Å². The predicted molar refractivity (Wildman–Crippen MR) is 126 cm³/mol. The lowest BCUT2D eigenvalue weighted by Gasteiger charge is -2.15. The number of para-hydroxylation sites is 2. The van der Waals surface area contributed by atoms with Gasteiger partial charge in [0.25, 0.3) is 5.91 Å². The van der Waals surface area contributed by atoms with Gasteiger partial charge in [-0.2, -0.15) is 0 Å². The molecule has 29 heavy (non-hydrogen) atoms. The van der Waals surface area contributed by atoms with Crippen molar-refractivity contribution < 1.29 is 23.7 Å². The number of methoxy groups -OCH3 is 2. The second kappa shape index (κ2) is 10.2. The van der Waals surface area contributed by atoms with Crippen LogP contribution in [0.5, 0.6) is 23.0 Å². The minimum atomic E-state index is -0.192. The van der Waals surface area contributed by atoms with Crippen LogP contribution in [0.25, 0.3) is 6.08 Å². The van der Waals surface area contributed by atoms with Gasteiger partial charge in [0.05, 0.1) is 22.7 Å². The molecule has 0 atom stereocenters. The minimum Gasteiger partial charge on any atom is -0.493 e. The number of nitrogens with one attached hydrogen (secondary N) is 1. The summed E-state index contributed by atoms with van der Waals surface area (Å²) >= 11 is 8.44. The van der Waals surface area contributed by atoms with Gasteiger partial charge in [-0.25, -0.2) is 0 Å². The van der Waals surface area contributed by atoms with Crippen molar-refractivity contribution in [3.63, 3.8) is 0 Å². The number of carbonyl (C=O) groups excluding carboxylic acids is 1. The van der Waals surface area contributed by atoms with Gasteiger partial charge in [-0.1, -0.05) is 36.1 Å². The Balaban J connectivity index is 1.67. The zero-order valence-electron chi connectivity index (χ0n) is 15.7. The Kier molecular flexibility index (Phi) is 7.62. The fourth-order valence-corrected chi connectivity index (χ4v) is 4.39. The summed E-state index contributed by atoms with van der Waals surface area (Å²) in [7, 11) is 3.18. The highest BCUT2D eigenvalue weighted by Gasteiger charge is 2.22. The molecule has 1 aliphatic heterocycles. The second-order valence-electron chi connectivity index (χ2n) is 5.73. The van der Waals surface area contributed by atoms with Crippen LogP contribution in [0, 0.1) is 3.57 Å². The van der Waals surface area contributed by atoms with Gasteiger partial charge >= 0.3 is 0 Å². The first-order chi connectivity index (χ1) is 14.0. The zero-order valence-corrected chi connectivity index (χ0v) is 19.5. The number of hydrogen-bond acceptors (Lipinski definition) is 7. The van der Waals surface area contributed by atoms with E-state index in [1.54, 1.807) is 20.3 Å². The fraction of sp³-hybridized carbons (Fsp3) is 0.200. The summed E-state index contributed by atoms with van der Waals surface area (Å²) in [6, 6.07) is 11.2. The van der Waals surface area contributed by atoms with Crippen LogP contribution >= 0.6 is 46.6 Å². The molecule has 0 unspecified atom stereocenters. The molecule has 0 aliphatic carbocycles. The Morgan fingerprint density at radius 2 is 1.76 bits per heavy atom. The quantitative estimate of drug-likeness (QED) is 0.231. The van der Waals surface area contributed by atoms with E-state index < -0.39 is 0 Å². The van der Waals surface area contributed by atoms with Gasteiger partial charge in [0.2, 0.25) is 0 Å². The Morgan fingerprint density at radius 1 is 1.07 bits per heavy atom. The molecular formula is C20H18INO5S2. The standard InChI is InChI=1S/C20H18INO5S2/c1-24-14-5-3-4-6-15(14)26-7-8-27-18-13(21)9-12(10-16(18)25-2)11-17-19(23)22-20(28)29-17/h3-6,9-11H,7-8H2,1-2H3,(H,22,23,28)/b17-11-.